The predicted molar refractivity (Wildman–Crippen MR) is 98.9 cm³/mol. The van der Waals surface area contributed by atoms with Crippen LogP contribution in [0.1, 0.15) is 23.0 Å². The standard InChI is InChI=1S/C21H18N2O3/c24-20(25)11-16-12-22-21(26)19-10-15(13-23(16)19)18-9-5-4-8-17(18)14-6-2-1-3-7-14/h1-10,13,16H,11-12H2,(H,22,26)(H,24,25). The minimum absolute atomic E-state index is 0.0261. The zero-order chi connectivity index (χ0) is 18.1. The lowest BCUT2D eigenvalue weighted by Gasteiger charge is -2.25. The maximum atomic E-state index is 12.2. The Hall–Kier alpha value is -3.34. The number of hydrogen-bond acceptors (Lipinski definition) is 2. The van der Waals surface area contributed by atoms with Crippen LogP contribution in [0.3, 0.4) is 0 Å². The molecule has 2 aromatic carbocycles. The summed E-state index contributed by atoms with van der Waals surface area (Å²) < 4.78 is 1.80. The predicted octanol–water partition coefficient (Wildman–Crippen LogP) is 3.58. The fourth-order valence-corrected chi connectivity index (χ4v) is 3.49. The normalized spacial score (nSPS) is 16.0. The Morgan fingerprint density at radius 1 is 1.04 bits per heavy atom. The highest BCUT2D eigenvalue weighted by atomic mass is 16.4. The average molecular weight is 346 g/mol. The van der Waals surface area contributed by atoms with Gasteiger partial charge in [-0.2, -0.15) is 0 Å². The van der Waals surface area contributed by atoms with Gasteiger partial charge in [-0.05, 0) is 22.8 Å². The molecule has 3 aromatic rings. The molecule has 0 aliphatic carbocycles. The first kappa shape index (κ1) is 16.1. The lowest BCUT2D eigenvalue weighted by Crippen LogP contribution is -2.39. The Balaban J connectivity index is 1.82. The molecule has 1 unspecified atom stereocenters. The second-order valence-corrected chi connectivity index (χ2v) is 6.39. The molecule has 1 aromatic heterocycles. The third-order valence-corrected chi connectivity index (χ3v) is 4.71. The summed E-state index contributed by atoms with van der Waals surface area (Å²) in [6, 6.07) is 19.6. The Morgan fingerprint density at radius 2 is 1.69 bits per heavy atom. The molecule has 1 aliphatic heterocycles. The Kier molecular flexibility index (Phi) is 4.05. The maximum Gasteiger partial charge on any atom is 0.305 e. The fourth-order valence-electron chi connectivity index (χ4n) is 3.49. The third-order valence-electron chi connectivity index (χ3n) is 4.71. The van der Waals surface area contributed by atoms with Crippen molar-refractivity contribution in [1.82, 2.24) is 9.88 Å². The van der Waals surface area contributed by atoms with Crippen LogP contribution in [-0.2, 0) is 4.79 Å². The zero-order valence-corrected chi connectivity index (χ0v) is 14.1. The summed E-state index contributed by atoms with van der Waals surface area (Å²) in [7, 11) is 0. The maximum absolute atomic E-state index is 12.2. The van der Waals surface area contributed by atoms with Crippen molar-refractivity contribution < 1.29 is 14.7 Å². The highest BCUT2D eigenvalue weighted by molar-refractivity contribution is 5.96. The Labute approximate surface area is 150 Å². The summed E-state index contributed by atoms with van der Waals surface area (Å²) in [5.41, 5.74) is 4.60. The Morgan fingerprint density at radius 3 is 2.38 bits per heavy atom. The first-order valence-electron chi connectivity index (χ1n) is 8.50. The number of nitrogens with zero attached hydrogens (tertiary/aromatic N) is 1. The number of amides is 1. The SMILES string of the molecule is O=C(O)CC1CNC(=O)c2cc(-c3ccccc3-c3ccccc3)cn21. The molecule has 130 valence electrons. The smallest absolute Gasteiger partial charge is 0.305 e. The van der Waals surface area contributed by atoms with E-state index < -0.39 is 5.97 Å². The molecule has 5 nitrogen and oxygen atoms in total. The number of carbonyl (C=O) groups is 2. The van der Waals surface area contributed by atoms with Crippen molar-refractivity contribution >= 4 is 11.9 Å². The molecule has 0 saturated carbocycles. The second-order valence-electron chi connectivity index (χ2n) is 6.39. The van der Waals surface area contributed by atoms with Crippen LogP contribution in [0, 0.1) is 0 Å². The third kappa shape index (κ3) is 2.88. The van der Waals surface area contributed by atoms with Crippen LogP contribution in [0.25, 0.3) is 22.3 Å². The number of nitrogens with one attached hydrogen (secondary N) is 1. The van der Waals surface area contributed by atoms with Crippen molar-refractivity contribution in [2.45, 2.75) is 12.5 Å². The number of rotatable bonds is 4. The van der Waals surface area contributed by atoms with E-state index in [0.717, 1.165) is 22.3 Å². The number of benzene rings is 2. The second kappa shape index (κ2) is 6.52. The van der Waals surface area contributed by atoms with Crippen LogP contribution >= 0.6 is 0 Å². The van der Waals surface area contributed by atoms with Crippen LogP contribution in [0.5, 0.6) is 0 Å². The largest absolute Gasteiger partial charge is 0.481 e. The van der Waals surface area contributed by atoms with Gasteiger partial charge in [0.15, 0.2) is 0 Å². The van der Waals surface area contributed by atoms with Gasteiger partial charge in [-0.1, -0.05) is 54.6 Å². The number of hydrogen-bond donors (Lipinski definition) is 2. The topological polar surface area (TPSA) is 71.3 Å². The number of carboxylic acid groups (broad SMARTS) is 1. The lowest BCUT2D eigenvalue weighted by molar-refractivity contribution is -0.137. The van der Waals surface area contributed by atoms with Crippen LogP contribution in [0.15, 0.2) is 66.9 Å². The molecule has 0 fully saturated rings. The van der Waals surface area contributed by atoms with Gasteiger partial charge in [-0.3, -0.25) is 9.59 Å². The minimum atomic E-state index is -0.878. The molecule has 1 aliphatic rings. The molecule has 4 rings (SSSR count). The first-order chi connectivity index (χ1) is 12.6. The molecule has 0 bridgehead atoms. The van der Waals surface area contributed by atoms with Crippen LogP contribution in [0.4, 0.5) is 0 Å². The monoisotopic (exact) mass is 346 g/mol. The van der Waals surface area contributed by atoms with Crippen LogP contribution < -0.4 is 5.32 Å². The van der Waals surface area contributed by atoms with Crippen molar-refractivity contribution in [3.63, 3.8) is 0 Å². The van der Waals surface area contributed by atoms with Crippen molar-refractivity contribution in [3.05, 3.63) is 72.6 Å². The van der Waals surface area contributed by atoms with E-state index in [4.69, 9.17) is 5.11 Å². The van der Waals surface area contributed by atoms with E-state index in [9.17, 15) is 9.59 Å². The molecule has 1 amide bonds. The molecule has 5 heteroatoms. The van der Waals surface area contributed by atoms with Crippen molar-refractivity contribution in [1.29, 1.82) is 0 Å². The lowest BCUT2D eigenvalue weighted by atomic mass is 9.96. The summed E-state index contributed by atoms with van der Waals surface area (Å²) in [6.45, 7) is 0.326. The van der Waals surface area contributed by atoms with Gasteiger partial charge >= 0.3 is 5.97 Å². The molecule has 2 heterocycles. The van der Waals surface area contributed by atoms with E-state index >= 15 is 0 Å². The van der Waals surface area contributed by atoms with E-state index in [2.05, 4.69) is 23.5 Å². The van der Waals surface area contributed by atoms with E-state index in [1.807, 2.05) is 48.7 Å². The molecule has 0 saturated heterocycles. The van der Waals surface area contributed by atoms with Gasteiger partial charge in [0.2, 0.25) is 0 Å². The molecule has 2 N–H and O–H groups in total. The molecular formula is C21H18N2O3. The Bertz CT molecular complexity index is 976. The molecular weight excluding hydrogens is 328 g/mol. The van der Waals surface area contributed by atoms with E-state index in [-0.39, 0.29) is 18.4 Å². The molecule has 0 spiro atoms. The summed E-state index contributed by atoms with van der Waals surface area (Å²) in [4.78, 5) is 23.4. The first-order valence-corrected chi connectivity index (χ1v) is 8.50. The summed E-state index contributed by atoms with van der Waals surface area (Å²) in [5, 5.41) is 11.9. The van der Waals surface area contributed by atoms with Crippen LogP contribution in [-0.4, -0.2) is 28.1 Å². The van der Waals surface area contributed by atoms with Crippen LogP contribution in [0.2, 0.25) is 0 Å². The summed E-state index contributed by atoms with van der Waals surface area (Å²) in [5.74, 6) is -1.05. The minimum Gasteiger partial charge on any atom is -0.481 e. The van der Waals surface area contributed by atoms with Gasteiger partial charge in [0, 0.05) is 18.3 Å². The van der Waals surface area contributed by atoms with E-state index in [1.165, 1.54) is 0 Å². The van der Waals surface area contributed by atoms with E-state index in [0.29, 0.717) is 12.2 Å². The van der Waals surface area contributed by atoms with E-state index in [1.54, 1.807) is 4.57 Å². The highest BCUT2D eigenvalue weighted by Crippen LogP contribution is 2.34. The van der Waals surface area contributed by atoms with Gasteiger partial charge in [-0.15, -0.1) is 0 Å². The zero-order valence-electron chi connectivity index (χ0n) is 14.1. The summed E-state index contributed by atoms with van der Waals surface area (Å²) >= 11 is 0. The molecule has 26 heavy (non-hydrogen) atoms. The van der Waals surface area contributed by atoms with Gasteiger partial charge in [0.05, 0.1) is 12.5 Å². The fraction of sp³-hybridized carbons (Fsp3) is 0.143. The number of fused-ring (bicyclic) bond motifs is 1. The molecule has 0 radical (unpaired) electrons. The van der Waals surface area contributed by atoms with Gasteiger partial charge in [0.25, 0.3) is 5.91 Å². The van der Waals surface area contributed by atoms with Gasteiger partial charge < -0.3 is 15.0 Å². The van der Waals surface area contributed by atoms with Gasteiger partial charge in [-0.25, -0.2) is 0 Å². The number of carboxylic acids is 1. The van der Waals surface area contributed by atoms with Crippen molar-refractivity contribution in [2.24, 2.45) is 0 Å². The quantitative estimate of drug-likeness (QED) is 0.758. The number of aliphatic carboxylic acids is 1. The van der Waals surface area contributed by atoms with Crippen molar-refractivity contribution in [3.8, 4) is 22.3 Å². The number of aromatic nitrogens is 1. The highest BCUT2D eigenvalue weighted by Gasteiger charge is 2.27. The number of carbonyl (C=O) groups excluding carboxylic acids is 1. The van der Waals surface area contributed by atoms with Gasteiger partial charge in [0.1, 0.15) is 5.69 Å². The molecule has 1 atom stereocenters. The average Bonchev–Trinajstić information content (AvgIpc) is 3.11. The summed E-state index contributed by atoms with van der Waals surface area (Å²) in [6.07, 6.45) is 1.87. The van der Waals surface area contributed by atoms with Crippen molar-refractivity contribution in [2.75, 3.05) is 6.54 Å².